The van der Waals surface area contributed by atoms with E-state index in [1.807, 2.05) is 17.2 Å². The largest absolute Gasteiger partial charge is 0.416 e. The molecule has 3 aromatic rings. The average molecular weight is 632 g/mol. The van der Waals surface area contributed by atoms with Gasteiger partial charge in [0.2, 0.25) is 0 Å². The number of hydrogen-bond acceptors (Lipinski definition) is 4. The number of fused-ring (bicyclic) bond motifs is 1. The van der Waals surface area contributed by atoms with Crippen LogP contribution in [0.15, 0.2) is 35.7 Å². The highest BCUT2D eigenvalue weighted by Crippen LogP contribution is 2.39. The van der Waals surface area contributed by atoms with Crippen LogP contribution in [0.1, 0.15) is 78.1 Å². The zero-order valence-electron chi connectivity index (χ0n) is 23.7. The lowest BCUT2D eigenvalue weighted by molar-refractivity contribution is -0.143. The van der Waals surface area contributed by atoms with Gasteiger partial charge in [-0.05, 0) is 98.4 Å². The second kappa shape index (κ2) is 13.0. The van der Waals surface area contributed by atoms with E-state index in [2.05, 4.69) is 28.9 Å². The van der Waals surface area contributed by atoms with Crippen molar-refractivity contribution in [2.24, 2.45) is 5.92 Å². The highest BCUT2D eigenvalue weighted by Gasteiger charge is 2.37. The van der Waals surface area contributed by atoms with Crippen molar-refractivity contribution in [1.29, 1.82) is 0 Å². The number of nitrogens with zero attached hydrogens (tertiary/aromatic N) is 3. The molecule has 2 aliphatic rings. The molecule has 230 valence electrons. The zero-order valence-corrected chi connectivity index (χ0v) is 25.4. The molecule has 0 N–H and O–H groups in total. The van der Waals surface area contributed by atoms with E-state index in [1.165, 1.54) is 48.1 Å². The van der Waals surface area contributed by atoms with Crippen LogP contribution in [0.25, 0.3) is 0 Å². The Hall–Kier alpha value is -2.46. The van der Waals surface area contributed by atoms with Crippen LogP contribution in [0.5, 0.6) is 0 Å². The van der Waals surface area contributed by atoms with Gasteiger partial charge in [0.15, 0.2) is 5.13 Å². The van der Waals surface area contributed by atoms with Crippen LogP contribution >= 0.6 is 23.7 Å². The van der Waals surface area contributed by atoms with Crippen LogP contribution in [-0.4, -0.2) is 18.1 Å². The fourth-order valence-electron chi connectivity index (χ4n) is 6.20. The Balaban J connectivity index is 0.00000405. The summed E-state index contributed by atoms with van der Waals surface area (Å²) in [5.41, 5.74) is 2.84. The summed E-state index contributed by atoms with van der Waals surface area (Å²) in [4.78, 5) is 8.80. The summed E-state index contributed by atoms with van der Waals surface area (Å²) < 4.78 is 81.7. The summed E-state index contributed by atoms with van der Waals surface area (Å²) in [6, 6.07) is 6.31. The van der Waals surface area contributed by atoms with E-state index in [9.17, 15) is 26.3 Å². The van der Waals surface area contributed by atoms with E-state index in [0.717, 1.165) is 61.4 Å². The summed E-state index contributed by atoms with van der Waals surface area (Å²) in [7, 11) is 0. The highest BCUT2D eigenvalue weighted by molar-refractivity contribution is 7.13. The molecule has 3 nitrogen and oxygen atoms in total. The second-order valence-corrected chi connectivity index (χ2v) is 12.2. The van der Waals surface area contributed by atoms with Crippen molar-refractivity contribution in [3.63, 3.8) is 0 Å². The molecule has 2 aromatic carbocycles. The molecule has 0 bridgehead atoms. The first-order valence-corrected chi connectivity index (χ1v) is 15.1. The first-order chi connectivity index (χ1) is 19.4. The lowest BCUT2D eigenvalue weighted by atomic mass is 10.0. The molecule has 5 rings (SSSR count). The van der Waals surface area contributed by atoms with Crippen molar-refractivity contribution < 1.29 is 26.3 Å². The summed E-state index contributed by atoms with van der Waals surface area (Å²) in [5, 5.41) is 2.41. The Labute approximate surface area is 253 Å². The molecule has 1 aromatic heterocycles. The standard InChI is InChI=1S/C31H35F6N3S.ClH/c1-3-39(16-21-7-4-5-8-21)28-14-24-10-6-9-23(24)13-25(28)18-40(29-38-20(2)19-41-29)17-22-11-26(30(32,33)34)15-27(12-22)31(35,36)37;/h11-15,19,21H,3-10,16-18H2,1-2H3;1H. The fraction of sp³-hybridized carbons (Fsp3) is 0.516. The third kappa shape index (κ3) is 7.54. The minimum Gasteiger partial charge on any atom is -0.371 e. The number of benzene rings is 2. The summed E-state index contributed by atoms with van der Waals surface area (Å²) in [6.07, 6.45) is -1.83. The van der Waals surface area contributed by atoms with Crippen molar-refractivity contribution in [3.8, 4) is 0 Å². The van der Waals surface area contributed by atoms with Gasteiger partial charge in [-0.2, -0.15) is 26.3 Å². The first-order valence-electron chi connectivity index (χ1n) is 14.3. The first kappa shape index (κ1) is 32.5. The van der Waals surface area contributed by atoms with Gasteiger partial charge < -0.3 is 9.80 Å². The molecule has 0 radical (unpaired) electrons. The molecular weight excluding hydrogens is 596 g/mol. The molecule has 1 saturated carbocycles. The van der Waals surface area contributed by atoms with E-state index in [-0.39, 0.29) is 30.6 Å². The van der Waals surface area contributed by atoms with E-state index in [4.69, 9.17) is 0 Å². The Bertz CT molecular complexity index is 1330. The van der Waals surface area contributed by atoms with Crippen LogP contribution in [0.3, 0.4) is 0 Å². The number of thiazole rings is 1. The van der Waals surface area contributed by atoms with Crippen molar-refractivity contribution in [2.45, 2.75) is 84.2 Å². The number of alkyl halides is 6. The number of aromatic nitrogens is 1. The van der Waals surface area contributed by atoms with Gasteiger partial charge in [-0.3, -0.25) is 0 Å². The summed E-state index contributed by atoms with van der Waals surface area (Å²) in [6.45, 7) is 5.92. The molecule has 0 saturated heterocycles. The molecule has 11 heteroatoms. The van der Waals surface area contributed by atoms with Crippen molar-refractivity contribution in [3.05, 3.63) is 74.8 Å². The van der Waals surface area contributed by atoms with Crippen LogP contribution in [0.4, 0.5) is 37.2 Å². The maximum absolute atomic E-state index is 13.6. The van der Waals surface area contributed by atoms with Crippen LogP contribution in [-0.2, 0) is 38.3 Å². The van der Waals surface area contributed by atoms with Gasteiger partial charge in [0.1, 0.15) is 0 Å². The van der Waals surface area contributed by atoms with E-state index < -0.39 is 23.5 Å². The monoisotopic (exact) mass is 631 g/mol. The van der Waals surface area contributed by atoms with Crippen LogP contribution in [0, 0.1) is 12.8 Å². The predicted molar refractivity (Wildman–Crippen MR) is 159 cm³/mol. The number of halogens is 7. The van der Waals surface area contributed by atoms with Crippen molar-refractivity contribution in [2.75, 3.05) is 22.9 Å². The summed E-state index contributed by atoms with van der Waals surface area (Å²) >= 11 is 1.34. The van der Waals surface area contributed by atoms with Gasteiger partial charge in [0.25, 0.3) is 0 Å². The fourth-order valence-corrected chi connectivity index (χ4v) is 7.00. The van der Waals surface area contributed by atoms with E-state index in [0.29, 0.717) is 17.6 Å². The van der Waals surface area contributed by atoms with Gasteiger partial charge in [-0.15, -0.1) is 23.7 Å². The Morgan fingerprint density at radius 3 is 2.00 bits per heavy atom. The lowest BCUT2D eigenvalue weighted by Crippen LogP contribution is -2.31. The van der Waals surface area contributed by atoms with Crippen LogP contribution in [0.2, 0.25) is 0 Å². The quantitative estimate of drug-likeness (QED) is 0.219. The van der Waals surface area contributed by atoms with Crippen LogP contribution < -0.4 is 9.80 Å². The molecule has 1 heterocycles. The molecule has 0 spiro atoms. The number of anilines is 2. The molecule has 0 aliphatic heterocycles. The maximum Gasteiger partial charge on any atom is 0.416 e. The lowest BCUT2D eigenvalue weighted by Gasteiger charge is -2.31. The molecule has 42 heavy (non-hydrogen) atoms. The third-order valence-corrected chi connectivity index (χ3v) is 9.25. The maximum atomic E-state index is 13.6. The molecule has 1 fully saturated rings. The number of rotatable bonds is 9. The predicted octanol–water partition coefficient (Wildman–Crippen LogP) is 9.62. The number of aryl methyl sites for hydroxylation is 3. The Morgan fingerprint density at radius 1 is 0.833 bits per heavy atom. The SMILES string of the molecule is CCN(CC1CCCC1)c1cc2c(cc1CN(Cc1cc(C(F)(F)F)cc(C(F)(F)F)c1)c1nc(C)cs1)CCC2.Cl. The smallest absolute Gasteiger partial charge is 0.371 e. The van der Waals surface area contributed by atoms with Crippen molar-refractivity contribution in [1.82, 2.24) is 4.98 Å². The highest BCUT2D eigenvalue weighted by atomic mass is 35.5. The zero-order chi connectivity index (χ0) is 29.4. The van der Waals surface area contributed by atoms with Gasteiger partial charge >= 0.3 is 12.4 Å². The molecule has 0 unspecified atom stereocenters. The third-order valence-electron chi connectivity index (χ3n) is 8.23. The minimum absolute atomic E-state index is 0. The molecule has 0 atom stereocenters. The Morgan fingerprint density at radius 2 is 1.45 bits per heavy atom. The topological polar surface area (TPSA) is 19.4 Å². The average Bonchev–Trinajstić information content (AvgIpc) is 3.67. The molecular formula is C31H36ClF6N3S. The van der Waals surface area contributed by atoms with Gasteiger partial charge in [0, 0.05) is 37.2 Å². The molecule has 2 aliphatic carbocycles. The second-order valence-electron chi connectivity index (χ2n) is 11.3. The normalized spacial score (nSPS) is 15.5. The van der Waals surface area contributed by atoms with Crippen molar-refractivity contribution >= 4 is 34.6 Å². The van der Waals surface area contributed by atoms with Gasteiger partial charge in [0.05, 0.1) is 16.8 Å². The van der Waals surface area contributed by atoms with Gasteiger partial charge in [-0.25, -0.2) is 4.98 Å². The van der Waals surface area contributed by atoms with Gasteiger partial charge in [-0.1, -0.05) is 18.9 Å². The van der Waals surface area contributed by atoms with E-state index >= 15 is 0 Å². The molecule has 0 amide bonds. The minimum atomic E-state index is -4.90. The Kier molecular flexibility index (Phi) is 10.1. The summed E-state index contributed by atoms with van der Waals surface area (Å²) in [5.74, 6) is 0.625. The van der Waals surface area contributed by atoms with E-state index in [1.54, 1.807) is 0 Å². The number of hydrogen-bond donors (Lipinski definition) is 0.